The molecule has 1 aromatic carbocycles. The van der Waals surface area contributed by atoms with Crippen LogP contribution in [0.1, 0.15) is 152 Å². The van der Waals surface area contributed by atoms with Crippen LogP contribution in [0, 0.1) is 35.5 Å². The van der Waals surface area contributed by atoms with Crippen LogP contribution in [0.25, 0.3) is 0 Å². The highest BCUT2D eigenvalue weighted by Crippen LogP contribution is 2.30. The molecule has 0 aliphatic carbocycles. The summed E-state index contributed by atoms with van der Waals surface area (Å²) in [4.78, 5) is 138. The van der Waals surface area contributed by atoms with Crippen molar-refractivity contribution in [3.8, 4) is 0 Å². The van der Waals surface area contributed by atoms with Gasteiger partial charge in [0.15, 0.2) is 0 Å². The van der Waals surface area contributed by atoms with Gasteiger partial charge in [-0.3, -0.25) is 48.1 Å². The molecular weight excluding hydrogens is 1520 g/mol. The standard InChI is InChI=1S/C80H140N14O23/c1-16-52(10)69(64(111-14)42-66(99)94-29-22-26-61(94)72(112-15)53(11)74(103)86-59(80(109)110)41-54-23-18-17-19-24-54)92(13)79(108)67(50(6)7)88-78(107)68(51(8)9)91(12)44-62(96)70(100)71(101)63(97)47-117-46-55-43-93(90-89-55)30-32-114-34-36-116-38-37-115-35-33-113-31-27-65(98)83-28-21-20-25-57(76(105)85-58(73(82)102)40-49(4)5)84-77(106)60(45-95)87-75(104)56(81)39-48(2)3/h17-19,23-24,43,48-53,56-64,67-72,95-97,100-101H,16,20-22,25-42,44-47,81H2,1-15H3,(H2,82,102)(H,83,98)(H,84,106)(H,85,105)(H,86,103)(H,87,104)(H,88,107)(H,109,110)/t52-,53+,56?,57?,58?,59-,60?,61-,62?,63?,64+,67-,68-,69-,70?,71?,72+/m0/s1. The topological polar surface area (TPSA) is 521 Å². The van der Waals surface area contributed by atoms with E-state index in [1.165, 1.54) is 28.7 Å². The zero-order valence-corrected chi connectivity index (χ0v) is 71.4. The van der Waals surface area contributed by atoms with Gasteiger partial charge in [0.05, 0.1) is 140 Å². The molecule has 1 aromatic heterocycles. The Morgan fingerprint density at radius 1 is 0.667 bits per heavy atom. The summed E-state index contributed by atoms with van der Waals surface area (Å²) in [5.74, 6) is -7.92. The first kappa shape index (κ1) is 104. The summed E-state index contributed by atoms with van der Waals surface area (Å²) in [7, 11) is 6.09. The minimum atomic E-state index is -1.89. The van der Waals surface area contributed by atoms with Gasteiger partial charge in [0.25, 0.3) is 0 Å². The number of methoxy groups -OCH3 is 2. The quantitative estimate of drug-likeness (QED) is 0.0359. The lowest BCUT2D eigenvalue weighted by Gasteiger charge is -2.41. The number of aliphatic hydroxyl groups excluding tert-OH is 5. The maximum absolute atomic E-state index is 14.8. The van der Waals surface area contributed by atoms with Gasteiger partial charge in [-0.25, -0.2) is 9.48 Å². The average Bonchev–Trinajstić information content (AvgIpc) is 1.35. The number of benzene rings is 1. The number of carbonyl (C=O) groups is 10. The van der Waals surface area contributed by atoms with Crippen LogP contribution in [-0.2, 0) is 101 Å². The molecule has 668 valence electrons. The number of amides is 9. The molecule has 0 spiro atoms. The highest BCUT2D eigenvalue weighted by Gasteiger charge is 2.45. The number of aliphatic hydroxyl groups is 5. The van der Waals surface area contributed by atoms with Crippen molar-refractivity contribution < 1.29 is 112 Å². The highest BCUT2D eigenvalue weighted by atomic mass is 16.6. The van der Waals surface area contributed by atoms with Gasteiger partial charge in [0, 0.05) is 53.7 Å². The van der Waals surface area contributed by atoms with Crippen LogP contribution in [0.15, 0.2) is 36.5 Å². The molecule has 0 radical (unpaired) electrons. The van der Waals surface area contributed by atoms with Crippen molar-refractivity contribution in [3.63, 3.8) is 0 Å². The number of carboxylic acid groups (broad SMARTS) is 1. The number of rotatable bonds is 62. The number of carboxylic acids is 1. The number of nitrogens with two attached hydrogens (primary N) is 2. The van der Waals surface area contributed by atoms with Crippen molar-refractivity contribution in [1.29, 1.82) is 0 Å². The number of likely N-dealkylation sites (tertiary alicyclic amines) is 1. The van der Waals surface area contributed by atoms with Gasteiger partial charge < -0.3 is 117 Å². The molecule has 9 amide bonds. The monoisotopic (exact) mass is 1670 g/mol. The van der Waals surface area contributed by atoms with Gasteiger partial charge in [0.1, 0.15) is 54.2 Å². The van der Waals surface area contributed by atoms with Crippen LogP contribution < -0.4 is 43.4 Å². The summed E-state index contributed by atoms with van der Waals surface area (Å²) in [6, 6.07) is 0.0619. The van der Waals surface area contributed by atoms with E-state index in [1.807, 2.05) is 47.6 Å². The van der Waals surface area contributed by atoms with E-state index >= 15 is 0 Å². The van der Waals surface area contributed by atoms with E-state index < -0.39 is 169 Å². The lowest BCUT2D eigenvalue weighted by Crippen LogP contribution is -2.60. The van der Waals surface area contributed by atoms with E-state index in [0.29, 0.717) is 63.9 Å². The van der Waals surface area contributed by atoms with Crippen LogP contribution >= 0.6 is 0 Å². The first-order chi connectivity index (χ1) is 55.4. The Labute approximate surface area is 689 Å². The average molecular weight is 1670 g/mol. The fourth-order valence-electron chi connectivity index (χ4n) is 14.0. The molecule has 3 rings (SSSR count). The van der Waals surface area contributed by atoms with E-state index in [9.17, 15) is 78.6 Å². The fourth-order valence-corrected chi connectivity index (χ4v) is 14.0. The fraction of sp³-hybridized carbons (Fsp3) is 0.775. The zero-order chi connectivity index (χ0) is 87.6. The molecule has 0 bridgehead atoms. The number of aliphatic carboxylic acids is 1. The SMILES string of the molecule is CC[C@H](C)[C@@H]([C@@H](CC(=O)N1CCC[C@H]1[C@H](OC)[C@@H](C)C(=O)N[C@@H](Cc1ccccc1)C(=O)O)OC)N(C)C(=O)[C@@H](NC(=O)[C@H](C(C)C)N(C)CC(O)C(O)C(O)C(O)COCc1cn(CCOCCOCCOCCOCCC(=O)NCCCCC(NC(=O)C(CO)NC(=O)C(N)CC(C)C)C(=O)NC(CC(C)C)C(N)=O)nn1)C(C)C. The summed E-state index contributed by atoms with van der Waals surface area (Å²) in [5.41, 5.74) is 12.6. The van der Waals surface area contributed by atoms with Crippen LogP contribution in [0.5, 0.6) is 0 Å². The summed E-state index contributed by atoms with van der Waals surface area (Å²) in [5, 5.41) is 88.3. The van der Waals surface area contributed by atoms with E-state index in [2.05, 4.69) is 42.2 Å². The normalized spacial score (nSPS) is 17.3. The van der Waals surface area contributed by atoms with Gasteiger partial charge in [-0.15, -0.1) is 5.10 Å². The Morgan fingerprint density at radius 3 is 1.81 bits per heavy atom. The van der Waals surface area contributed by atoms with Crippen LogP contribution in [0.3, 0.4) is 0 Å². The number of aromatic nitrogens is 3. The molecule has 1 saturated heterocycles. The Bertz CT molecular complexity index is 3270. The minimum absolute atomic E-state index is 0.0121. The van der Waals surface area contributed by atoms with Crippen molar-refractivity contribution in [2.75, 3.05) is 114 Å². The third-order valence-corrected chi connectivity index (χ3v) is 20.7. The lowest BCUT2D eigenvalue weighted by atomic mass is 9.89. The largest absolute Gasteiger partial charge is 0.480 e. The second-order valence-electron chi connectivity index (χ2n) is 31.8. The number of nitrogens with one attached hydrogen (secondary N) is 6. The van der Waals surface area contributed by atoms with Crippen molar-refractivity contribution in [2.45, 2.75) is 251 Å². The summed E-state index contributed by atoms with van der Waals surface area (Å²) >= 11 is 0. The van der Waals surface area contributed by atoms with Gasteiger partial charge in [-0.1, -0.05) is 118 Å². The smallest absolute Gasteiger partial charge is 0.326 e. The number of unbranched alkanes of at least 4 members (excludes halogenated alkanes) is 1. The molecule has 8 unspecified atom stereocenters. The number of hydrogen-bond acceptors (Lipinski definition) is 26. The van der Waals surface area contributed by atoms with E-state index in [4.69, 9.17) is 44.6 Å². The second-order valence-corrected chi connectivity index (χ2v) is 31.8. The van der Waals surface area contributed by atoms with Crippen molar-refractivity contribution >= 4 is 59.1 Å². The molecule has 17 atom stereocenters. The minimum Gasteiger partial charge on any atom is -0.480 e. The lowest BCUT2D eigenvalue weighted by molar-refractivity contribution is -0.148. The third kappa shape index (κ3) is 36.9. The molecule has 16 N–H and O–H groups in total. The van der Waals surface area contributed by atoms with E-state index in [1.54, 1.807) is 84.1 Å². The summed E-state index contributed by atoms with van der Waals surface area (Å²) in [6.07, 6.45) is -3.85. The molecule has 2 aromatic rings. The zero-order valence-electron chi connectivity index (χ0n) is 71.4. The summed E-state index contributed by atoms with van der Waals surface area (Å²) < 4.78 is 41.4. The van der Waals surface area contributed by atoms with Crippen molar-refractivity contribution in [2.24, 2.45) is 47.0 Å². The molecule has 0 saturated carbocycles. The first-order valence-electron chi connectivity index (χ1n) is 41.0. The van der Waals surface area contributed by atoms with E-state index in [-0.39, 0.29) is 128 Å². The predicted octanol–water partition coefficient (Wildman–Crippen LogP) is -0.838. The van der Waals surface area contributed by atoms with Gasteiger partial charge >= 0.3 is 5.97 Å². The molecular formula is C80H140N14O23. The Morgan fingerprint density at radius 2 is 1.25 bits per heavy atom. The Kier molecular flexibility index (Phi) is 49.1. The van der Waals surface area contributed by atoms with Crippen molar-refractivity contribution in [1.82, 2.24) is 61.6 Å². The molecule has 2 heterocycles. The second kappa shape index (κ2) is 55.4. The number of ether oxygens (including phenoxy) is 7. The number of carbonyl (C=O) groups excluding carboxylic acids is 9. The number of hydrogen-bond donors (Lipinski definition) is 14. The maximum Gasteiger partial charge on any atom is 0.326 e. The van der Waals surface area contributed by atoms with Gasteiger partial charge in [-0.2, -0.15) is 0 Å². The van der Waals surface area contributed by atoms with Crippen LogP contribution in [0.4, 0.5) is 0 Å². The van der Waals surface area contributed by atoms with Crippen LogP contribution in [0.2, 0.25) is 0 Å². The first-order valence-corrected chi connectivity index (χ1v) is 41.0. The van der Waals surface area contributed by atoms with Gasteiger partial charge in [0.2, 0.25) is 53.2 Å². The molecule has 37 heteroatoms. The molecule has 1 aliphatic rings. The number of primary amides is 1. The third-order valence-electron chi connectivity index (χ3n) is 20.7. The van der Waals surface area contributed by atoms with Gasteiger partial charge in [-0.05, 0) is 87.1 Å². The Balaban J connectivity index is 1.37. The molecule has 1 aliphatic heterocycles. The van der Waals surface area contributed by atoms with Crippen molar-refractivity contribution in [3.05, 3.63) is 47.8 Å². The Hall–Kier alpha value is -7.50. The number of nitrogens with zero attached hydrogens (tertiary/aromatic N) is 6. The highest BCUT2D eigenvalue weighted by molar-refractivity contribution is 5.95. The number of likely N-dealkylation sites (N-methyl/N-ethyl adjacent to an activating group) is 2. The molecule has 1 fully saturated rings. The van der Waals surface area contributed by atoms with Crippen LogP contribution in [-0.4, -0.2) is 324 Å². The maximum atomic E-state index is 14.8. The molecule has 37 nitrogen and oxygen atoms in total. The molecule has 117 heavy (non-hydrogen) atoms. The van der Waals surface area contributed by atoms with E-state index in [0.717, 1.165) is 5.56 Å². The summed E-state index contributed by atoms with van der Waals surface area (Å²) in [6.45, 7) is 21.5. The predicted molar refractivity (Wildman–Crippen MR) is 431 cm³/mol.